The van der Waals surface area contributed by atoms with Crippen molar-refractivity contribution in [3.8, 4) is 5.75 Å². The van der Waals surface area contributed by atoms with Crippen molar-refractivity contribution in [2.75, 3.05) is 5.32 Å². The standard InChI is InChI=1S/C13H12ClFN2O2S/c1-7-6-16-13(20-7)17-12(18)8(2)19-11-4-3-9(15)5-10(11)14/h3-6,8H,1-2H3,(H,16,17,18)/t8-/m0/s1. The second-order valence-corrected chi connectivity index (χ2v) is 5.74. The van der Waals surface area contributed by atoms with E-state index in [4.69, 9.17) is 16.3 Å². The van der Waals surface area contributed by atoms with Gasteiger partial charge in [-0.2, -0.15) is 0 Å². The fourth-order valence-electron chi connectivity index (χ4n) is 1.43. The van der Waals surface area contributed by atoms with Crippen LogP contribution in [0.25, 0.3) is 0 Å². The summed E-state index contributed by atoms with van der Waals surface area (Å²) in [5.74, 6) is -0.552. The fourth-order valence-corrected chi connectivity index (χ4v) is 2.31. The summed E-state index contributed by atoms with van der Waals surface area (Å²) in [6, 6.07) is 3.73. The Morgan fingerprint density at radius 2 is 2.30 bits per heavy atom. The Morgan fingerprint density at radius 1 is 1.55 bits per heavy atom. The molecule has 1 N–H and O–H groups in total. The van der Waals surface area contributed by atoms with Crippen molar-refractivity contribution in [1.29, 1.82) is 0 Å². The largest absolute Gasteiger partial charge is 0.479 e. The molecule has 1 aromatic carbocycles. The number of aromatic nitrogens is 1. The molecule has 0 radical (unpaired) electrons. The number of halogens is 2. The van der Waals surface area contributed by atoms with Crippen LogP contribution in [0.4, 0.5) is 9.52 Å². The molecule has 0 saturated carbocycles. The number of nitrogens with one attached hydrogen (secondary N) is 1. The van der Waals surface area contributed by atoms with E-state index in [-0.39, 0.29) is 16.7 Å². The monoisotopic (exact) mass is 314 g/mol. The average Bonchev–Trinajstić information content (AvgIpc) is 2.78. The van der Waals surface area contributed by atoms with Crippen molar-refractivity contribution in [3.63, 3.8) is 0 Å². The highest BCUT2D eigenvalue weighted by Gasteiger charge is 2.17. The van der Waals surface area contributed by atoms with Crippen LogP contribution in [0.1, 0.15) is 11.8 Å². The fraction of sp³-hybridized carbons (Fsp3) is 0.231. The first-order valence-electron chi connectivity index (χ1n) is 5.80. The van der Waals surface area contributed by atoms with Gasteiger partial charge in [-0.05, 0) is 32.0 Å². The maximum absolute atomic E-state index is 12.9. The van der Waals surface area contributed by atoms with Crippen molar-refractivity contribution in [1.82, 2.24) is 4.98 Å². The van der Waals surface area contributed by atoms with Crippen LogP contribution in [0, 0.1) is 12.7 Å². The van der Waals surface area contributed by atoms with E-state index in [0.29, 0.717) is 5.13 Å². The SMILES string of the molecule is Cc1cnc(NC(=O)[C@H](C)Oc2ccc(F)cc2Cl)s1. The lowest BCUT2D eigenvalue weighted by Gasteiger charge is -2.14. The molecule has 0 aliphatic rings. The van der Waals surface area contributed by atoms with E-state index in [0.717, 1.165) is 10.9 Å². The molecule has 0 bridgehead atoms. The Hall–Kier alpha value is -1.66. The van der Waals surface area contributed by atoms with Crippen molar-refractivity contribution < 1.29 is 13.9 Å². The molecule has 0 fully saturated rings. The van der Waals surface area contributed by atoms with Crippen LogP contribution in [-0.4, -0.2) is 17.0 Å². The van der Waals surface area contributed by atoms with Gasteiger partial charge in [0.2, 0.25) is 0 Å². The Balaban J connectivity index is 2.00. The molecule has 0 unspecified atom stereocenters. The molecular weight excluding hydrogens is 303 g/mol. The lowest BCUT2D eigenvalue weighted by Crippen LogP contribution is -2.30. The molecule has 0 saturated heterocycles. The quantitative estimate of drug-likeness (QED) is 0.937. The Kier molecular flexibility index (Phi) is 4.57. The molecule has 2 aromatic rings. The molecule has 20 heavy (non-hydrogen) atoms. The zero-order valence-electron chi connectivity index (χ0n) is 10.8. The van der Waals surface area contributed by atoms with Crippen LogP contribution >= 0.6 is 22.9 Å². The minimum atomic E-state index is -0.776. The van der Waals surface area contributed by atoms with Gasteiger partial charge in [-0.25, -0.2) is 9.37 Å². The third-order valence-corrected chi connectivity index (χ3v) is 3.54. The summed E-state index contributed by atoms with van der Waals surface area (Å²) in [5.41, 5.74) is 0. The van der Waals surface area contributed by atoms with Gasteiger partial charge < -0.3 is 4.74 Å². The van der Waals surface area contributed by atoms with Crippen LogP contribution in [-0.2, 0) is 4.79 Å². The second-order valence-electron chi connectivity index (χ2n) is 4.10. The molecule has 106 valence electrons. The number of ether oxygens (including phenoxy) is 1. The highest BCUT2D eigenvalue weighted by Crippen LogP contribution is 2.26. The summed E-state index contributed by atoms with van der Waals surface area (Å²) >= 11 is 7.21. The van der Waals surface area contributed by atoms with Gasteiger partial charge in [0.1, 0.15) is 11.6 Å². The highest BCUT2D eigenvalue weighted by atomic mass is 35.5. The van der Waals surface area contributed by atoms with E-state index in [9.17, 15) is 9.18 Å². The Morgan fingerprint density at radius 3 is 2.90 bits per heavy atom. The zero-order chi connectivity index (χ0) is 14.7. The number of thiazole rings is 1. The summed E-state index contributed by atoms with van der Waals surface area (Å²) in [7, 11) is 0. The van der Waals surface area contributed by atoms with Crippen LogP contribution in [0.3, 0.4) is 0 Å². The number of carbonyl (C=O) groups excluding carboxylic acids is 1. The number of amides is 1. The summed E-state index contributed by atoms with van der Waals surface area (Å²) in [6.07, 6.45) is 0.894. The van der Waals surface area contributed by atoms with Crippen molar-refractivity contribution in [2.24, 2.45) is 0 Å². The molecule has 1 amide bonds. The predicted molar refractivity (Wildman–Crippen MR) is 77.0 cm³/mol. The van der Waals surface area contributed by atoms with Gasteiger partial charge in [0, 0.05) is 11.1 Å². The minimum absolute atomic E-state index is 0.120. The van der Waals surface area contributed by atoms with Gasteiger partial charge in [0.25, 0.3) is 5.91 Å². The lowest BCUT2D eigenvalue weighted by molar-refractivity contribution is -0.122. The van der Waals surface area contributed by atoms with Crippen molar-refractivity contribution >= 4 is 34.0 Å². The summed E-state index contributed by atoms with van der Waals surface area (Å²) in [4.78, 5) is 16.9. The van der Waals surface area contributed by atoms with Crippen molar-refractivity contribution in [3.05, 3.63) is 40.1 Å². The van der Waals surface area contributed by atoms with E-state index < -0.39 is 11.9 Å². The van der Waals surface area contributed by atoms with Crippen molar-refractivity contribution in [2.45, 2.75) is 20.0 Å². The number of benzene rings is 1. The van der Waals surface area contributed by atoms with E-state index in [2.05, 4.69) is 10.3 Å². The smallest absolute Gasteiger partial charge is 0.266 e. The van der Waals surface area contributed by atoms with Gasteiger partial charge in [0.05, 0.1) is 5.02 Å². The first kappa shape index (κ1) is 14.7. The Labute approximate surface area is 124 Å². The number of rotatable bonds is 4. The lowest BCUT2D eigenvalue weighted by atomic mass is 10.3. The van der Waals surface area contributed by atoms with E-state index in [1.54, 1.807) is 13.1 Å². The maximum atomic E-state index is 12.9. The Bertz CT molecular complexity index is 633. The van der Waals surface area contributed by atoms with E-state index in [1.807, 2.05) is 6.92 Å². The molecule has 1 heterocycles. The number of carbonyl (C=O) groups is 1. The predicted octanol–water partition coefficient (Wildman–Crippen LogP) is 3.65. The summed E-state index contributed by atoms with van der Waals surface area (Å²) in [6.45, 7) is 3.47. The van der Waals surface area contributed by atoms with Gasteiger partial charge >= 0.3 is 0 Å². The van der Waals surface area contributed by atoms with Crippen LogP contribution in [0.2, 0.25) is 5.02 Å². The van der Waals surface area contributed by atoms with Crippen LogP contribution < -0.4 is 10.1 Å². The number of hydrogen-bond donors (Lipinski definition) is 1. The summed E-state index contributed by atoms with van der Waals surface area (Å²) in [5, 5.41) is 3.27. The normalized spacial score (nSPS) is 12.0. The third kappa shape index (κ3) is 3.68. The maximum Gasteiger partial charge on any atom is 0.266 e. The van der Waals surface area contributed by atoms with Gasteiger partial charge in [-0.15, -0.1) is 11.3 Å². The second kappa shape index (κ2) is 6.19. The molecule has 1 aromatic heterocycles. The molecule has 1 atom stereocenters. The van der Waals surface area contributed by atoms with Gasteiger partial charge in [-0.3, -0.25) is 10.1 Å². The molecule has 0 aliphatic carbocycles. The topological polar surface area (TPSA) is 51.2 Å². The first-order valence-corrected chi connectivity index (χ1v) is 7.00. The number of nitrogens with zero attached hydrogens (tertiary/aromatic N) is 1. The molecule has 7 heteroatoms. The van der Waals surface area contributed by atoms with Crippen LogP contribution in [0.15, 0.2) is 24.4 Å². The average molecular weight is 315 g/mol. The number of hydrogen-bond acceptors (Lipinski definition) is 4. The highest BCUT2D eigenvalue weighted by molar-refractivity contribution is 7.15. The molecule has 0 aliphatic heterocycles. The number of anilines is 1. The summed E-state index contributed by atoms with van der Waals surface area (Å²) < 4.78 is 18.3. The zero-order valence-corrected chi connectivity index (χ0v) is 12.4. The third-order valence-electron chi connectivity index (χ3n) is 2.42. The molecular formula is C13H12ClFN2O2S. The first-order chi connectivity index (χ1) is 9.45. The number of aryl methyl sites for hydroxylation is 1. The van der Waals surface area contributed by atoms with E-state index in [1.165, 1.54) is 23.5 Å². The minimum Gasteiger partial charge on any atom is -0.479 e. The molecule has 2 rings (SSSR count). The van der Waals surface area contributed by atoms with E-state index >= 15 is 0 Å². The molecule has 0 spiro atoms. The van der Waals surface area contributed by atoms with Gasteiger partial charge in [0.15, 0.2) is 11.2 Å². The van der Waals surface area contributed by atoms with Crippen LogP contribution in [0.5, 0.6) is 5.75 Å². The van der Waals surface area contributed by atoms with Gasteiger partial charge in [-0.1, -0.05) is 11.6 Å². The molecule has 4 nitrogen and oxygen atoms in total.